The Morgan fingerprint density at radius 3 is 2.43 bits per heavy atom. The van der Waals surface area contributed by atoms with Gasteiger partial charge in [0.05, 0.1) is 11.7 Å². The van der Waals surface area contributed by atoms with E-state index in [2.05, 4.69) is 15.4 Å². The zero-order valence-corrected chi connectivity index (χ0v) is 19.8. The Hall–Kier alpha value is -4.33. The Morgan fingerprint density at radius 2 is 1.74 bits per heavy atom. The van der Waals surface area contributed by atoms with E-state index in [9.17, 15) is 14.0 Å². The van der Waals surface area contributed by atoms with Gasteiger partial charge in [0.25, 0.3) is 5.91 Å². The third kappa shape index (κ3) is 5.60. The normalized spacial score (nSPS) is 11.7. The number of nitrogens with zero attached hydrogens (tertiary/aromatic N) is 4. The van der Waals surface area contributed by atoms with Gasteiger partial charge in [-0.25, -0.2) is 14.1 Å². The van der Waals surface area contributed by atoms with Crippen LogP contribution in [0.15, 0.2) is 78.9 Å². The van der Waals surface area contributed by atoms with Gasteiger partial charge in [-0.1, -0.05) is 42.5 Å². The van der Waals surface area contributed by atoms with Crippen LogP contribution in [0.3, 0.4) is 0 Å². The van der Waals surface area contributed by atoms with Crippen molar-refractivity contribution in [1.29, 1.82) is 0 Å². The molecule has 8 heteroatoms. The molecule has 0 fully saturated rings. The number of hydrogen-bond acceptors (Lipinski definition) is 4. The van der Waals surface area contributed by atoms with Gasteiger partial charge in [-0.15, -0.1) is 5.10 Å². The molecule has 1 aromatic heterocycles. The molecule has 0 unspecified atom stereocenters. The van der Waals surface area contributed by atoms with Crippen LogP contribution in [0.5, 0.6) is 0 Å². The zero-order valence-electron chi connectivity index (χ0n) is 19.8. The molecule has 1 N–H and O–H groups in total. The predicted molar refractivity (Wildman–Crippen MR) is 132 cm³/mol. The molecular weight excluding hydrogens is 445 g/mol. The Balaban J connectivity index is 1.69. The first-order valence-corrected chi connectivity index (χ1v) is 11.2. The molecule has 3 aromatic carbocycles. The van der Waals surface area contributed by atoms with Crippen LogP contribution in [0.1, 0.15) is 47.5 Å². The average molecular weight is 472 g/mol. The summed E-state index contributed by atoms with van der Waals surface area (Å²) in [6.07, 6.45) is 0. The van der Waals surface area contributed by atoms with E-state index >= 15 is 0 Å². The minimum Gasteiger partial charge on any atom is -0.326 e. The van der Waals surface area contributed by atoms with Crippen LogP contribution in [0.25, 0.3) is 5.69 Å². The Labute approximate surface area is 203 Å². The Kier molecular flexibility index (Phi) is 7.01. The van der Waals surface area contributed by atoms with Crippen LogP contribution in [-0.4, -0.2) is 31.5 Å². The van der Waals surface area contributed by atoms with Gasteiger partial charge < -0.3 is 10.2 Å². The lowest BCUT2D eigenvalue weighted by atomic mass is 10.0. The van der Waals surface area contributed by atoms with E-state index in [1.165, 1.54) is 23.7 Å². The fourth-order valence-electron chi connectivity index (χ4n) is 3.86. The smallest absolute Gasteiger partial charge is 0.294 e. The molecule has 0 saturated carbocycles. The minimum absolute atomic E-state index is 0.0487. The van der Waals surface area contributed by atoms with Gasteiger partial charge in [-0.3, -0.25) is 9.59 Å². The average Bonchev–Trinajstić information content (AvgIpc) is 3.24. The molecule has 0 aliphatic heterocycles. The molecule has 178 valence electrons. The number of carbonyl (C=O) groups is 2. The van der Waals surface area contributed by atoms with Gasteiger partial charge in [0.15, 0.2) is 0 Å². The second kappa shape index (κ2) is 10.3. The van der Waals surface area contributed by atoms with Gasteiger partial charge in [0.1, 0.15) is 11.6 Å². The van der Waals surface area contributed by atoms with E-state index in [1.807, 2.05) is 55.5 Å². The van der Waals surface area contributed by atoms with Crippen molar-refractivity contribution in [2.45, 2.75) is 33.4 Å². The molecule has 0 aliphatic rings. The van der Waals surface area contributed by atoms with Crippen molar-refractivity contribution < 1.29 is 14.0 Å². The third-order valence-electron chi connectivity index (χ3n) is 5.64. The van der Waals surface area contributed by atoms with Crippen LogP contribution in [0, 0.1) is 12.7 Å². The van der Waals surface area contributed by atoms with Crippen molar-refractivity contribution in [2.75, 3.05) is 5.32 Å². The molecular formula is C27H26FN5O2. The lowest BCUT2D eigenvalue weighted by Crippen LogP contribution is -2.34. The van der Waals surface area contributed by atoms with Crippen LogP contribution in [0.4, 0.5) is 10.1 Å². The highest BCUT2D eigenvalue weighted by Gasteiger charge is 2.27. The van der Waals surface area contributed by atoms with Crippen molar-refractivity contribution >= 4 is 17.5 Å². The van der Waals surface area contributed by atoms with E-state index in [1.54, 1.807) is 30.0 Å². The number of anilines is 1. The van der Waals surface area contributed by atoms with E-state index in [0.717, 1.165) is 11.1 Å². The summed E-state index contributed by atoms with van der Waals surface area (Å²) in [5.41, 5.74) is 3.08. The molecule has 0 radical (unpaired) electrons. The molecule has 0 bridgehead atoms. The highest BCUT2D eigenvalue weighted by Crippen LogP contribution is 2.26. The predicted octanol–water partition coefficient (Wildman–Crippen LogP) is 5.08. The number of aromatic nitrogens is 3. The summed E-state index contributed by atoms with van der Waals surface area (Å²) < 4.78 is 14.9. The molecule has 35 heavy (non-hydrogen) atoms. The van der Waals surface area contributed by atoms with E-state index < -0.39 is 0 Å². The SMILES string of the molecule is CC(=O)Nc1cccc([C@@H](C)N(Cc2ccccc2)C(=O)c2nc(C)n(-c3ccc(F)cc3)n2)c1. The van der Waals surface area contributed by atoms with Gasteiger partial charge in [-0.2, -0.15) is 0 Å². The first kappa shape index (κ1) is 23.8. The molecule has 4 aromatic rings. The molecule has 0 spiro atoms. The molecule has 0 aliphatic carbocycles. The first-order chi connectivity index (χ1) is 16.8. The van der Waals surface area contributed by atoms with Crippen molar-refractivity contribution in [1.82, 2.24) is 19.7 Å². The van der Waals surface area contributed by atoms with E-state index in [4.69, 9.17) is 0 Å². The van der Waals surface area contributed by atoms with Crippen LogP contribution in [-0.2, 0) is 11.3 Å². The first-order valence-electron chi connectivity index (χ1n) is 11.2. The Morgan fingerprint density at radius 1 is 1.03 bits per heavy atom. The third-order valence-corrected chi connectivity index (χ3v) is 5.64. The molecule has 2 amide bonds. The summed E-state index contributed by atoms with van der Waals surface area (Å²) in [6, 6.07) is 22.6. The summed E-state index contributed by atoms with van der Waals surface area (Å²) >= 11 is 0. The molecule has 0 saturated heterocycles. The maximum absolute atomic E-state index is 13.7. The lowest BCUT2D eigenvalue weighted by molar-refractivity contribution is -0.114. The quantitative estimate of drug-likeness (QED) is 0.408. The number of carbonyl (C=O) groups excluding carboxylic acids is 2. The Bertz CT molecular complexity index is 1340. The van der Waals surface area contributed by atoms with E-state index in [-0.39, 0.29) is 29.5 Å². The molecule has 4 rings (SSSR count). The summed E-state index contributed by atoms with van der Waals surface area (Å²) in [5.74, 6) is -0.298. The minimum atomic E-state index is -0.354. The van der Waals surface area contributed by atoms with Gasteiger partial charge >= 0.3 is 0 Å². The van der Waals surface area contributed by atoms with Crippen molar-refractivity contribution in [2.24, 2.45) is 0 Å². The van der Waals surface area contributed by atoms with E-state index in [0.29, 0.717) is 23.7 Å². The maximum Gasteiger partial charge on any atom is 0.294 e. The van der Waals surface area contributed by atoms with Gasteiger partial charge in [0, 0.05) is 19.2 Å². The number of halogens is 1. The highest BCUT2D eigenvalue weighted by molar-refractivity contribution is 5.91. The van der Waals surface area contributed by atoms with Crippen molar-refractivity contribution in [3.05, 3.63) is 107 Å². The standard InChI is InChI=1S/C27H26FN5O2/c1-18(22-10-7-11-24(16-22)30-20(3)34)32(17-21-8-5-4-6-9-21)27(35)26-29-19(2)33(31-26)25-14-12-23(28)13-15-25/h4-16,18H,17H2,1-3H3,(H,30,34)/t18-/m1/s1. The number of rotatable bonds is 7. The zero-order chi connectivity index (χ0) is 24.9. The number of amides is 2. The number of benzene rings is 3. The van der Waals surface area contributed by atoms with Crippen molar-refractivity contribution in [3.8, 4) is 5.69 Å². The number of aryl methyl sites for hydroxylation is 1. The summed E-state index contributed by atoms with van der Waals surface area (Å²) in [7, 11) is 0. The molecule has 1 atom stereocenters. The topological polar surface area (TPSA) is 80.1 Å². The number of hydrogen-bond donors (Lipinski definition) is 1. The summed E-state index contributed by atoms with van der Waals surface area (Å²) in [6.45, 7) is 5.47. The maximum atomic E-state index is 13.7. The second-order valence-electron chi connectivity index (χ2n) is 8.27. The van der Waals surface area contributed by atoms with Crippen LogP contribution < -0.4 is 5.32 Å². The monoisotopic (exact) mass is 471 g/mol. The van der Waals surface area contributed by atoms with Gasteiger partial charge in [-0.05, 0) is 61.4 Å². The fraction of sp³-hybridized carbons (Fsp3) is 0.185. The number of nitrogens with one attached hydrogen (secondary N) is 1. The van der Waals surface area contributed by atoms with Gasteiger partial charge in [0.2, 0.25) is 11.7 Å². The van der Waals surface area contributed by atoms with Crippen molar-refractivity contribution in [3.63, 3.8) is 0 Å². The fourth-order valence-corrected chi connectivity index (χ4v) is 3.86. The van der Waals surface area contributed by atoms with Crippen LogP contribution in [0.2, 0.25) is 0 Å². The molecule has 1 heterocycles. The summed E-state index contributed by atoms with van der Waals surface area (Å²) in [5, 5.41) is 7.23. The largest absolute Gasteiger partial charge is 0.326 e. The second-order valence-corrected chi connectivity index (χ2v) is 8.27. The summed E-state index contributed by atoms with van der Waals surface area (Å²) in [4.78, 5) is 31.4. The lowest BCUT2D eigenvalue weighted by Gasteiger charge is -2.29. The van der Waals surface area contributed by atoms with Crippen LogP contribution >= 0.6 is 0 Å². The molecule has 7 nitrogen and oxygen atoms in total. The highest BCUT2D eigenvalue weighted by atomic mass is 19.1.